The van der Waals surface area contributed by atoms with Crippen molar-refractivity contribution in [3.63, 3.8) is 0 Å². The zero-order chi connectivity index (χ0) is 12.8. The molecule has 0 aliphatic carbocycles. The van der Waals surface area contributed by atoms with Crippen LogP contribution in [-0.4, -0.2) is 26.2 Å². The molecule has 0 unspecified atom stereocenters. The van der Waals surface area contributed by atoms with Gasteiger partial charge in [0.05, 0.1) is 11.4 Å². The second-order valence-electron chi connectivity index (χ2n) is 4.51. The number of hydrogen-bond acceptors (Lipinski definition) is 3. The van der Waals surface area contributed by atoms with Crippen molar-refractivity contribution in [1.82, 2.24) is 0 Å². The van der Waals surface area contributed by atoms with E-state index in [4.69, 9.17) is 4.74 Å². The van der Waals surface area contributed by atoms with Crippen molar-refractivity contribution in [1.29, 1.82) is 0 Å². The van der Waals surface area contributed by atoms with Crippen molar-refractivity contribution < 1.29 is 9.53 Å². The lowest BCUT2D eigenvalue weighted by Gasteiger charge is -2.21. The number of hydrogen-bond donors (Lipinski definition) is 2. The monoisotopic (exact) mass is 248 g/mol. The van der Waals surface area contributed by atoms with Crippen LogP contribution in [0.2, 0.25) is 0 Å². The van der Waals surface area contributed by atoms with Crippen LogP contribution in [-0.2, 0) is 16.0 Å². The van der Waals surface area contributed by atoms with Crippen LogP contribution >= 0.6 is 0 Å². The minimum absolute atomic E-state index is 0.0489. The van der Waals surface area contributed by atoms with Crippen molar-refractivity contribution >= 4 is 17.3 Å². The molecular formula is C14H20N2O2. The van der Waals surface area contributed by atoms with E-state index in [1.54, 1.807) is 7.11 Å². The SMILES string of the molecule is COCCCC(=O)Nc1cccc2c1NCCC2. The number of carbonyl (C=O) groups excluding carboxylic acids is 1. The molecule has 0 saturated heterocycles. The van der Waals surface area contributed by atoms with Crippen LogP contribution in [0.15, 0.2) is 18.2 Å². The number of methoxy groups -OCH3 is 1. The summed E-state index contributed by atoms with van der Waals surface area (Å²) in [5.74, 6) is 0.0489. The summed E-state index contributed by atoms with van der Waals surface area (Å²) in [5.41, 5.74) is 3.27. The lowest BCUT2D eigenvalue weighted by Crippen LogP contribution is -2.17. The van der Waals surface area contributed by atoms with Gasteiger partial charge in [-0.15, -0.1) is 0 Å². The minimum atomic E-state index is 0.0489. The van der Waals surface area contributed by atoms with Gasteiger partial charge in [-0.25, -0.2) is 0 Å². The molecule has 98 valence electrons. The average molecular weight is 248 g/mol. The van der Waals surface area contributed by atoms with E-state index in [0.717, 1.165) is 37.2 Å². The van der Waals surface area contributed by atoms with Gasteiger partial charge in [0.25, 0.3) is 0 Å². The summed E-state index contributed by atoms with van der Waals surface area (Å²) in [4.78, 5) is 11.8. The number of para-hydroxylation sites is 1. The second-order valence-corrected chi connectivity index (χ2v) is 4.51. The van der Waals surface area contributed by atoms with Crippen LogP contribution in [0.4, 0.5) is 11.4 Å². The summed E-state index contributed by atoms with van der Waals surface area (Å²) >= 11 is 0. The largest absolute Gasteiger partial charge is 0.385 e. The number of benzene rings is 1. The van der Waals surface area contributed by atoms with Crippen molar-refractivity contribution in [2.45, 2.75) is 25.7 Å². The first-order chi connectivity index (χ1) is 8.81. The van der Waals surface area contributed by atoms with E-state index in [2.05, 4.69) is 16.7 Å². The topological polar surface area (TPSA) is 50.4 Å². The first kappa shape index (κ1) is 12.9. The Morgan fingerprint density at radius 2 is 2.39 bits per heavy atom. The van der Waals surface area contributed by atoms with Gasteiger partial charge in [0.2, 0.25) is 5.91 Å². The van der Waals surface area contributed by atoms with Gasteiger partial charge >= 0.3 is 0 Å². The fourth-order valence-electron chi connectivity index (χ4n) is 2.20. The van der Waals surface area contributed by atoms with Gasteiger partial charge in [-0.3, -0.25) is 4.79 Å². The van der Waals surface area contributed by atoms with E-state index < -0.39 is 0 Å². The molecule has 0 saturated carbocycles. The number of amides is 1. The summed E-state index contributed by atoms with van der Waals surface area (Å²) in [6, 6.07) is 6.06. The third-order valence-corrected chi connectivity index (χ3v) is 3.10. The van der Waals surface area contributed by atoms with Gasteiger partial charge in [0.15, 0.2) is 0 Å². The molecule has 4 heteroatoms. The predicted molar refractivity (Wildman–Crippen MR) is 73.0 cm³/mol. The van der Waals surface area contributed by atoms with E-state index in [1.807, 2.05) is 12.1 Å². The summed E-state index contributed by atoms with van der Waals surface area (Å²) < 4.78 is 4.94. The van der Waals surface area contributed by atoms with Gasteiger partial charge in [0, 0.05) is 26.7 Å². The summed E-state index contributed by atoms with van der Waals surface area (Å²) in [6.45, 7) is 1.60. The Labute approximate surface area is 108 Å². The van der Waals surface area contributed by atoms with E-state index in [9.17, 15) is 4.79 Å². The number of carbonyl (C=O) groups is 1. The molecule has 1 aliphatic heterocycles. The average Bonchev–Trinajstić information content (AvgIpc) is 2.39. The van der Waals surface area contributed by atoms with Gasteiger partial charge in [-0.05, 0) is 30.9 Å². The molecule has 2 rings (SSSR count). The summed E-state index contributed by atoms with van der Waals surface area (Å²) in [6.07, 6.45) is 3.48. The smallest absolute Gasteiger partial charge is 0.224 e. The Morgan fingerprint density at radius 3 is 3.22 bits per heavy atom. The summed E-state index contributed by atoms with van der Waals surface area (Å²) in [5, 5.41) is 6.34. The number of fused-ring (bicyclic) bond motifs is 1. The van der Waals surface area contributed by atoms with Gasteiger partial charge in [-0.2, -0.15) is 0 Å². The fraction of sp³-hybridized carbons (Fsp3) is 0.500. The molecule has 0 bridgehead atoms. The molecule has 0 spiro atoms. The maximum absolute atomic E-state index is 11.8. The van der Waals surface area contributed by atoms with Crippen molar-refractivity contribution in [2.24, 2.45) is 0 Å². The number of aryl methyl sites for hydroxylation is 1. The van der Waals surface area contributed by atoms with E-state index >= 15 is 0 Å². The van der Waals surface area contributed by atoms with E-state index in [-0.39, 0.29) is 5.91 Å². The molecule has 2 N–H and O–H groups in total. The first-order valence-corrected chi connectivity index (χ1v) is 6.46. The molecule has 1 aromatic rings. The van der Waals surface area contributed by atoms with Gasteiger partial charge in [-0.1, -0.05) is 12.1 Å². The molecule has 18 heavy (non-hydrogen) atoms. The zero-order valence-electron chi connectivity index (χ0n) is 10.8. The number of nitrogens with one attached hydrogen (secondary N) is 2. The molecule has 1 heterocycles. The number of anilines is 2. The van der Waals surface area contributed by atoms with Crippen LogP contribution in [0.5, 0.6) is 0 Å². The lowest BCUT2D eigenvalue weighted by molar-refractivity contribution is -0.116. The highest BCUT2D eigenvalue weighted by Gasteiger charge is 2.13. The van der Waals surface area contributed by atoms with Crippen molar-refractivity contribution in [3.05, 3.63) is 23.8 Å². The van der Waals surface area contributed by atoms with Crippen LogP contribution < -0.4 is 10.6 Å². The lowest BCUT2D eigenvalue weighted by atomic mass is 10.0. The second kappa shape index (κ2) is 6.40. The molecule has 1 amide bonds. The van der Waals surface area contributed by atoms with Crippen LogP contribution in [0, 0.1) is 0 Å². The highest BCUT2D eigenvalue weighted by Crippen LogP contribution is 2.30. The van der Waals surface area contributed by atoms with Crippen LogP contribution in [0.3, 0.4) is 0 Å². The number of ether oxygens (including phenoxy) is 1. The third-order valence-electron chi connectivity index (χ3n) is 3.10. The Kier molecular flexibility index (Phi) is 4.59. The van der Waals surface area contributed by atoms with Crippen molar-refractivity contribution in [2.75, 3.05) is 30.9 Å². The highest BCUT2D eigenvalue weighted by molar-refractivity contribution is 5.94. The highest BCUT2D eigenvalue weighted by atomic mass is 16.5. The molecule has 1 aromatic carbocycles. The Hall–Kier alpha value is -1.55. The molecule has 0 atom stereocenters. The molecular weight excluding hydrogens is 228 g/mol. The van der Waals surface area contributed by atoms with Gasteiger partial charge in [0.1, 0.15) is 0 Å². The van der Waals surface area contributed by atoms with E-state index in [1.165, 1.54) is 5.56 Å². The quantitative estimate of drug-likeness (QED) is 0.787. The maximum atomic E-state index is 11.8. The van der Waals surface area contributed by atoms with Crippen molar-refractivity contribution in [3.8, 4) is 0 Å². The zero-order valence-corrected chi connectivity index (χ0v) is 10.8. The Balaban J connectivity index is 1.98. The van der Waals surface area contributed by atoms with Crippen LogP contribution in [0.1, 0.15) is 24.8 Å². The van der Waals surface area contributed by atoms with E-state index in [0.29, 0.717) is 13.0 Å². The molecule has 0 fully saturated rings. The normalized spacial score (nSPS) is 13.6. The predicted octanol–water partition coefficient (Wildman–Crippen LogP) is 2.41. The van der Waals surface area contributed by atoms with Gasteiger partial charge < -0.3 is 15.4 Å². The first-order valence-electron chi connectivity index (χ1n) is 6.46. The summed E-state index contributed by atoms with van der Waals surface area (Å²) in [7, 11) is 1.65. The Bertz CT molecular complexity index is 418. The fourth-order valence-corrected chi connectivity index (χ4v) is 2.20. The molecule has 0 radical (unpaired) electrons. The molecule has 4 nitrogen and oxygen atoms in total. The standard InChI is InChI=1S/C14H20N2O2/c1-18-10-4-8-13(17)16-12-7-2-5-11-6-3-9-15-14(11)12/h2,5,7,15H,3-4,6,8-10H2,1H3,(H,16,17). The Morgan fingerprint density at radius 1 is 1.50 bits per heavy atom. The number of rotatable bonds is 5. The molecule has 0 aromatic heterocycles. The minimum Gasteiger partial charge on any atom is -0.385 e. The maximum Gasteiger partial charge on any atom is 0.224 e. The molecule has 1 aliphatic rings. The van der Waals surface area contributed by atoms with Crippen LogP contribution in [0.25, 0.3) is 0 Å². The third kappa shape index (κ3) is 3.23.